The second-order valence-corrected chi connectivity index (χ2v) is 4.82. The minimum Gasteiger partial charge on any atom is -0.206 e. The largest absolute Gasteiger partial charge is 0.433 e. The molecule has 0 radical (unpaired) electrons. The highest BCUT2D eigenvalue weighted by atomic mass is 79.9. The summed E-state index contributed by atoms with van der Waals surface area (Å²) in [6, 6.07) is 8.05. The number of nitrogens with zero attached hydrogens (tertiary/aromatic N) is 4. The van der Waals surface area contributed by atoms with Crippen LogP contribution in [0.3, 0.4) is 0 Å². The Hall–Kier alpha value is -1.96. The highest BCUT2D eigenvalue weighted by Crippen LogP contribution is 2.28. The number of benzene rings is 1. The van der Waals surface area contributed by atoms with Crippen molar-refractivity contribution in [3.8, 4) is 11.4 Å². The van der Waals surface area contributed by atoms with E-state index in [-0.39, 0.29) is 5.78 Å². The standard InChI is InChI=1S/C12H6BrF3N4/c13-8-4-2-1-3-7(8)10-18-11-17-9(12(14,15)16)5-6-20(11)19-10/h1-6H. The van der Waals surface area contributed by atoms with Gasteiger partial charge in [-0.2, -0.15) is 18.2 Å². The van der Waals surface area contributed by atoms with E-state index in [0.717, 1.165) is 10.5 Å². The highest BCUT2D eigenvalue weighted by molar-refractivity contribution is 9.10. The van der Waals surface area contributed by atoms with Crippen LogP contribution in [-0.2, 0) is 6.18 Å². The number of rotatable bonds is 1. The molecule has 2 heterocycles. The van der Waals surface area contributed by atoms with Crippen LogP contribution in [0.15, 0.2) is 41.0 Å². The van der Waals surface area contributed by atoms with Crippen molar-refractivity contribution in [3.63, 3.8) is 0 Å². The fourth-order valence-corrected chi connectivity index (χ4v) is 2.15. The Bertz CT molecular complexity index is 782. The number of halogens is 4. The van der Waals surface area contributed by atoms with E-state index >= 15 is 0 Å². The lowest BCUT2D eigenvalue weighted by molar-refractivity contribution is -0.141. The van der Waals surface area contributed by atoms with Gasteiger partial charge in [-0.05, 0) is 18.2 Å². The van der Waals surface area contributed by atoms with Gasteiger partial charge in [0.15, 0.2) is 5.82 Å². The Morgan fingerprint density at radius 1 is 1.05 bits per heavy atom. The molecule has 20 heavy (non-hydrogen) atoms. The van der Waals surface area contributed by atoms with Gasteiger partial charge >= 0.3 is 6.18 Å². The Morgan fingerprint density at radius 3 is 2.50 bits per heavy atom. The molecule has 0 aliphatic rings. The van der Waals surface area contributed by atoms with Gasteiger partial charge in [0.1, 0.15) is 5.69 Å². The summed E-state index contributed by atoms with van der Waals surface area (Å²) >= 11 is 3.35. The molecule has 0 saturated carbocycles. The molecule has 102 valence electrons. The molecule has 0 spiro atoms. The summed E-state index contributed by atoms with van der Waals surface area (Å²) in [5.74, 6) is 0.217. The van der Waals surface area contributed by atoms with E-state index in [0.29, 0.717) is 11.4 Å². The zero-order valence-electron chi connectivity index (χ0n) is 9.76. The number of fused-ring (bicyclic) bond motifs is 1. The summed E-state index contributed by atoms with van der Waals surface area (Å²) in [4.78, 5) is 7.50. The summed E-state index contributed by atoms with van der Waals surface area (Å²) in [7, 11) is 0. The van der Waals surface area contributed by atoms with Crippen molar-refractivity contribution in [1.82, 2.24) is 19.6 Å². The molecule has 0 amide bonds. The molecule has 0 saturated heterocycles. The first kappa shape index (κ1) is 13.0. The lowest BCUT2D eigenvalue weighted by Gasteiger charge is -2.03. The van der Waals surface area contributed by atoms with Gasteiger partial charge in [-0.15, -0.1) is 5.10 Å². The second-order valence-electron chi connectivity index (χ2n) is 3.97. The third kappa shape index (κ3) is 2.26. The lowest BCUT2D eigenvalue weighted by atomic mass is 10.2. The molecule has 0 bridgehead atoms. The Morgan fingerprint density at radius 2 is 1.80 bits per heavy atom. The normalized spacial score (nSPS) is 12.0. The third-order valence-electron chi connectivity index (χ3n) is 2.61. The first-order valence-electron chi connectivity index (χ1n) is 5.51. The Balaban J connectivity index is 2.14. The molecular weight excluding hydrogens is 337 g/mol. The van der Waals surface area contributed by atoms with Crippen molar-refractivity contribution < 1.29 is 13.2 Å². The summed E-state index contributed by atoms with van der Waals surface area (Å²) < 4.78 is 39.7. The first-order valence-corrected chi connectivity index (χ1v) is 6.30. The summed E-state index contributed by atoms with van der Waals surface area (Å²) in [6.45, 7) is 0. The van der Waals surface area contributed by atoms with Crippen LogP contribution >= 0.6 is 15.9 Å². The molecule has 8 heteroatoms. The predicted octanol–water partition coefficient (Wildman–Crippen LogP) is 3.57. The first-order chi connectivity index (χ1) is 9.45. The van der Waals surface area contributed by atoms with Crippen LogP contribution < -0.4 is 0 Å². The van der Waals surface area contributed by atoms with Gasteiger partial charge in [-0.3, -0.25) is 0 Å². The average Bonchev–Trinajstić information content (AvgIpc) is 2.80. The second kappa shape index (κ2) is 4.55. The number of hydrogen-bond donors (Lipinski definition) is 0. The monoisotopic (exact) mass is 342 g/mol. The number of hydrogen-bond acceptors (Lipinski definition) is 3. The fourth-order valence-electron chi connectivity index (χ4n) is 1.69. The smallest absolute Gasteiger partial charge is 0.206 e. The predicted molar refractivity (Wildman–Crippen MR) is 68.9 cm³/mol. The third-order valence-corrected chi connectivity index (χ3v) is 3.30. The van der Waals surface area contributed by atoms with Gasteiger partial charge in [0, 0.05) is 16.2 Å². The minimum atomic E-state index is -4.50. The molecule has 3 aromatic rings. The maximum absolute atomic E-state index is 12.6. The maximum atomic E-state index is 12.6. The number of alkyl halides is 3. The molecule has 0 aliphatic carbocycles. The quantitative estimate of drug-likeness (QED) is 0.678. The van der Waals surface area contributed by atoms with Crippen molar-refractivity contribution >= 4 is 21.7 Å². The number of aromatic nitrogens is 4. The summed E-state index contributed by atoms with van der Waals surface area (Å²) in [5, 5.41) is 4.11. The minimum absolute atomic E-state index is 0.0921. The van der Waals surface area contributed by atoms with Gasteiger partial charge in [-0.1, -0.05) is 28.1 Å². The zero-order chi connectivity index (χ0) is 14.3. The molecule has 2 aromatic heterocycles. The zero-order valence-corrected chi connectivity index (χ0v) is 11.4. The van der Waals surface area contributed by atoms with Crippen LogP contribution in [0, 0.1) is 0 Å². The van der Waals surface area contributed by atoms with E-state index in [1.54, 1.807) is 18.2 Å². The van der Waals surface area contributed by atoms with Crippen LogP contribution in [0.1, 0.15) is 5.69 Å². The van der Waals surface area contributed by atoms with Crippen molar-refractivity contribution in [3.05, 3.63) is 46.7 Å². The van der Waals surface area contributed by atoms with Crippen LogP contribution in [0.5, 0.6) is 0 Å². The molecular formula is C12H6BrF3N4. The van der Waals surface area contributed by atoms with Gasteiger partial charge in [0.25, 0.3) is 5.78 Å². The average molecular weight is 343 g/mol. The molecule has 0 unspecified atom stereocenters. The maximum Gasteiger partial charge on any atom is 0.433 e. The van der Waals surface area contributed by atoms with Gasteiger partial charge in [-0.25, -0.2) is 9.50 Å². The molecule has 1 aromatic carbocycles. The van der Waals surface area contributed by atoms with Gasteiger partial charge in [0.05, 0.1) is 0 Å². The highest BCUT2D eigenvalue weighted by Gasteiger charge is 2.33. The SMILES string of the molecule is FC(F)(F)c1ccn2nc(-c3ccccc3Br)nc2n1. The topological polar surface area (TPSA) is 43.1 Å². The van der Waals surface area contributed by atoms with Crippen molar-refractivity contribution in [2.45, 2.75) is 6.18 Å². The Kier molecular flexibility index (Phi) is 2.97. The van der Waals surface area contributed by atoms with E-state index in [4.69, 9.17) is 0 Å². The fraction of sp³-hybridized carbons (Fsp3) is 0.0833. The van der Waals surface area contributed by atoms with Crippen LogP contribution in [0.25, 0.3) is 17.2 Å². The molecule has 0 atom stereocenters. The Labute approximate surface area is 119 Å². The lowest BCUT2D eigenvalue weighted by Crippen LogP contribution is -2.09. The molecule has 0 fully saturated rings. The van der Waals surface area contributed by atoms with Crippen LogP contribution in [-0.4, -0.2) is 19.6 Å². The van der Waals surface area contributed by atoms with E-state index in [2.05, 4.69) is 31.0 Å². The van der Waals surface area contributed by atoms with Crippen molar-refractivity contribution in [2.75, 3.05) is 0 Å². The van der Waals surface area contributed by atoms with Gasteiger partial charge < -0.3 is 0 Å². The van der Waals surface area contributed by atoms with E-state index in [9.17, 15) is 13.2 Å². The van der Waals surface area contributed by atoms with Crippen LogP contribution in [0.4, 0.5) is 13.2 Å². The van der Waals surface area contributed by atoms with Gasteiger partial charge in [0.2, 0.25) is 0 Å². The molecule has 0 N–H and O–H groups in total. The molecule has 4 nitrogen and oxygen atoms in total. The summed E-state index contributed by atoms with van der Waals surface area (Å²) in [6.07, 6.45) is -3.31. The van der Waals surface area contributed by atoms with E-state index in [1.165, 1.54) is 10.7 Å². The van der Waals surface area contributed by atoms with Crippen molar-refractivity contribution in [1.29, 1.82) is 0 Å². The summed E-state index contributed by atoms with van der Waals surface area (Å²) in [5.41, 5.74) is -0.303. The molecule has 0 aliphatic heterocycles. The van der Waals surface area contributed by atoms with Crippen molar-refractivity contribution in [2.24, 2.45) is 0 Å². The molecule has 3 rings (SSSR count). The van der Waals surface area contributed by atoms with E-state index < -0.39 is 11.9 Å². The van der Waals surface area contributed by atoms with Crippen LogP contribution in [0.2, 0.25) is 0 Å². The van der Waals surface area contributed by atoms with E-state index in [1.807, 2.05) is 6.07 Å².